The zero-order valence-corrected chi connectivity index (χ0v) is 8.41. The number of aromatic nitrogens is 2. The van der Waals surface area contributed by atoms with Crippen molar-refractivity contribution in [3.05, 3.63) is 22.7 Å². The first kappa shape index (κ1) is 10.7. The molecule has 0 aliphatic heterocycles. The minimum absolute atomic E-state index is 0.121. The Labute approximate surface area is 82.5 Å². The van der Waals surface area contributed by atoms with Crippen LogP contribution in [-0.2, 0) is 4.74 Å². The topological polar surface area (TPSA) is 67.0 Å². The highest BCUT2D eigenvalue weighted by atomic mass is 16.5. The average molecular weight is 197 g/mol. The molecule has 1 aromatic heterocycles. The summed E-state index contributed by atoms with van der Waals surface area (Å²) in [6.07, 6.45) is 3.93. The minimum Gasteiger partial charge on any atom is -0.383 e. The van der Waals surface area contributed by atoms with E-state index < -0.39 is 0 Å². The van der Waals surface area contributed by atoms with Crippen molar-refractivity contribution < 1.29 is 4.74 Å². The summed E-state index contributed by atoms with van der Waals surface area (Å²) in [5.41, 5.74) is -0.206. The van der Waals surface area contributed by atoms with Crippen molar-refractivity contribution in [1.82, 2.24) is 9.97 Å². The summed E-state index contributed by atoms with van der Waals surface area (Å²) < 4.78 is 5.00. The third-order valence-corrected chi connectivity index (χ3v) is 1.91. The second-order valence-corrected chi connectivity index (χ2v) is 2.97. The van der Waals surface area contributed by atoms with E-state index in [1.54, 1.807) is 13.3 Å². The van der Waals surface area contributed by atoms with Crippen LogP contribution < -0.4 is 10.9 Å². The molecule has 5 nitrogen and oxygen atoms in total. The molecule has 0 amide bonds. The molecular formula is C9H15N3O2. The fourth-order valence-electron chi connectivity index (χ4n) is 1.11. The van der Waals surface area contributed by atoms with Crippen molar-refractivity contribution in [2.75, 3.05) is 19.0 Å². The molecule has 0 spiro atoms. The molecule has 5 heteroatoms. The Morgan fingerprint density at radius 1 is 1.71 bits per heavy atom. The van der Waals surface area contributed by atoms with Crippen LogP contribution in [0.25, 0.3) is 0 Å². The maximum atomic E-state index is 11.3. The van der Waals surface area contributed by atoms with Crippen LogP contribution in [0.15, 0.2) is 17.2 Å². The van der Waals surface area contributed by atoms with Gasteiger partial charge in [-0.1, -0.05) is 6.92 Å². The summed E-state index contributed by atoms with van der Waals surface area (Å²) in [5.74, 6) is 0.344. The number of nitrogens with zero attached hydrogens (tertiary/aromatic N) is 1. The van der Waals surface area contributed by atoms with E-state index in [1.807, 2.05) is 6.92 Å². The normalized spacial score (nSPS) is 12.4. The van der Waals surface area contributed by atoms with Crippen molar-refractivity contribution in [3.63, 3.8) is 0 Å². The van der Waals surface area contributed by atoms with Gasteiger partial charge in [-0.2, -0.15) is 0 Å². The molecule has 1 unspecified atom stereocenters. The van der Waals surface area contributed by atoms with Gasteiger partial charge >= 0.3 is 0 Å². The van der Waals surface area contributed by atoms with Crippen LogP contribution >= 0.6 is 0 Å². The number of aromatic amines is 1. The van der Waals surface area contributed by atoms with Gasteiger partial charge in [0, 0.05) is 19.5 Å². The molecule has 0 aliphatic rings. The number of H-pyrrole nitrogens is 1. The van der Waals surface area contributed by atoms with Gasteiger partial charge in [0.25, 0.3) is 5.56 Å². The second-order valence-electron chi connectivity index (χ2n) is 2.97. The highest BCUT2D eigenvalue weighted by Gasteiger charge is 2.07. The standard InChI is InChI=1S/C9H15N3O2/c1-3-7(6-14-2)12-8-9(13)11-5-4-10-8/h4-5,7H,3,6H2,1-2H3,(H,10,12)(H,11,13). The predicted octanol–water partition coefficient (Wildman–Crippen LogP) is 0.607. The van der Waals surface area contributed by atoms with Gasteiger partial charge in [-0.25, -0.2) is 4.98 Å². The maximum absolute atomic E-state index is 11.3. The maximum Gasteiger partial charge on any atom is 0.290 e. The highest BCUT2D eigenvalue weighted by Crippen LogP contribution is 1.99. The molecule has 0 aromatic carbocycles. The van der Waals surface area contributed by atoms with E-state index in [0.29, 0.717) is 12.4 Å². The van der Waals surface area contributed by atoms with Crippen molar-refractivity contribution in [1.29, 1.82) is 0 Å². The predicted molar refractivity (Wildman–Crippen MR) is 54.4 cm³/mol. The lowest BCUT2D eigenvalue weighted by Gasteiger charge is -2.15. The lowest BCUT2D eigenvalue weighted by Crippen LogP contribution is -2.28. The van der Waals surface area contributed by atoms with Crippen molar-refractivity contribution in [2.24, 2.45) is 0 Å². The fourth-order valence-corrected chi connectivity index (χ4v) is 1.11. The van der Waals surface area contributed by atoms with Gasteiger partial charge in [-0.05, 0) is 6.42 Å². The third kappa shape index (κ3) is 2.85. The van der Waals surface area contributed by atoms with Crippen LogP contribution in [-0.4, -0.2) is 29.7 Å². The Kier molecular flexibility index (Phi) is 4.12. The number of anilines is 1. The smallest absolute Gasteiger partial charge is 0.290 e. The first-order chi connectivity index (χ1) is 6.77. The molecule has 2 N–H and O–H groups in total. The van der Waals surface area contributed by atoms with Crippen molar-refractivity contribution in [3.8, 4) is 0 Å². The SMILES string of the molecule is CCC(COC)Nc1ncc[nH]c1=O. The van der Waals surface area contributed by atoms with Crippen LogP contribution in [0.1, 0.15) is 13.3 Å². The Bertz CT molecular complexity index is 324. The number of hydrogen-bond donors (Lipinski definition) is 2. The van der Waals surface area contributed by atoms with Gasteiger partial charge < -0.3 is 15.0 Å². The molecule has 0 aliphatic carbocycles. The van der Waals surface area contributed by atoms with E-state index in [4.69, 9.17) is 4.74 Å². The first-order valence-corrected chi connectivity index (χ1v) is 4.57. The molecule has 0 radical (unpaired) electrons. The van der Waals surface area contributed by atoms with E-state index in [2.05, 4.69) is 15.3 Å². The molecule has 0 saturated heterocycles. The van der Waals surface area contributed by atoms with Gasteiger partial charge in [0.1, 0.15) is 0 Å². The summed E-state index contributed by atoms with van der Waals surface area (Å²) in [6.45, 7) is 2.58. The van der Waals surface area contributed by atoms with Crippen LogP contribution in [0, 0.1) is 0 Å². The monoisotopic (exact) mass is 197 g/mol. The minimum atomic E-state index is -0.206. The number of rotatable bonds is 5. The summed E-state index contributed by atoms with van der Waals surface area (Å²) >= 11 is 0. The summed E-state index contributed by atoms with van der Waals surface area (Å²) in [4.78, 5) is 17.7. The van der Waals surface area contributed by atoms with Gasteiger partial charge in [0.05, 0.1) is 12.6 Å². The Morgan fingerprint density at radius 2 is 2.50 bits per heavy atom. The number of nitrogens with one attached hydrogen (secondary N) is 2. The summed E-state index contributed by atoms with van der Waals surface area (Å²) in [5, 5.41) is 3.02. The van der Waals surface area contributed by atoms with E-state index in [9.17, 15) is 4.79 Å². The first-order valence-electron chi connectivity index (χ1n) is 4.57. The number of methoxy groups -OCH3 is 1. The lowest BCUT2D eigenvalue weighted by molar-refractivity contribution is 0.184. The number of ether oxygens (including phenoxy) is 1. The molecule has 0 fully saturated rings. The Hall–Kier alpha value is -1.36. The molecule has 1 heterocycles. The second kappa shape index (κ2) is 5.39. The molecule has 78 valence electrons. The van der Waals surface area contributed by atoms with Crippen molar-refractivity contribution in [2.45, 2.75) is 19.4 Å². The molecular weight excluding hydrogens is 182 g/mol. The zero-order valence-electron chi connectivity index (χ0n) is 8.41. The molecule has 0 bridgehead atoms. The van der Waals surface area contributed by atoms with E-state index in [1.165, 1.54) is 6.20 Å². The van der Waals surface area contributed by atoms with Crippen molar-refractivity contribution >= 4 is 5.82 Å². The lowest BCUT2D eigenvalue weighted by atomic mass is 10.2. The molecule has 14 heavy (non-hydrogen) atoms. The summed E-state index contributed by atoms with van der Waals surface area (Å²) in [7, 11) is 1.63. The van der Waals surface area contributed by atoms with Crippen LogP contribution in [0.5, 0.6) is 0 Å². The Morgan fingerprint density at radius 3 is 3.07 bits per heavy atom. The van der Waals surface area contributed by atoms with Gasteiger partial charge in [-0.15, -0.1) is 0 Å². The third-order valence-electron chi connectivity index (χ3n) is 1.91. The van der Waals surface area contributed by atoms with Gasteiger partial charge in [0.15, 0.2) is 5.82 Å². The Balaban J connectivity index is 2.67. The van der Waals surface area contributed by atoms with E-state index in [-0.39, 0.29) is 11.6 Å². The average Bonchev–Trinajstić information content (AvgIpc) is 2.20. The van der Waals surface area contributed by atoms with Gasteiger partial charge in [-0.3, -0.25) is 4.79 Å². The summed E-state index contributed by atoms with van der Waals surface area (Å²) in [6, 6.07) is 0.121. The van der Waals surface area contributed by atoms with Crippen LogP contribution in [0.3, 0.4) is 0 Å². The number of hydrogen-bond acceptors (Lipinski definition) is 4. The highest BCUT2D eigenvalue weighted by molar-refractivity contribution is 5.31. The van der Waals surface area contributed by atoms with Crippen LogP contribution in [0.2, 0.25) is 0 Å². The van der Waals surface area contributed by atoms with Gasteiger partial charge in [0.2, 0.25) is 0 Å². The zero-order chi connectivity index (χ0) is 10.4. The van der Waals surface area contributed by atoms with Crippen LogP contribution in [0.4, 0.5) is 5.82 Å². The largest absolute Gasteiger partial charge is 0.383 e. The molecule has 1 rings (SSSR count). The molecule has 0 saturated carbocycles. The van der Waals surface area contributed by atoms with E-state index >= 15 is 0 Å². The van der Waals surface area contributed by atoms with E-state index in [0.717, 1.165) is 6.42 Å². The molecule has 1 aromatic rings. The quantitative estimate of drug-likeness (QED) is 0.725. The fraction of sp³-hybridized carbons (Fsp3) is 0.556. The molecule has 1 atom stereocenters.